The third kappa shape index (κ3) is 5.75. The van der Waals surface area contributed by atoms with Gasteiger partial charge in [0.25, 0.3) is 0 Å². The summed E-state index contributed by atoms with van der Waals surface area (Å²) in [4.78, 5) is 0. The van der Waals surface area contributed by atoms with E-state index in [1.807, 2.05) is 13.8 Å². The first-order chi connectivity index (χ1) is 7.88. The van der Waals surface area contributed by atoms with Crippen molar-refractivity contribution < 1.29 is 8.78 Å². The predicted octanol–water partition coefficient (Wildman–Crippen LogP) is 2.57. The number of nitrogens with two attached hydrogens (primary N) is 1. The maximum absolute atomic E-state index is 13.2. The Morgan fingerprint density at radius 1 is 1.29 bits per heavy atom. The number of hydrogen-bond donors (Lipinski definition) is 2. The summed E-state index contributed by atoms with van der Waals surface area (Å²) in [5.74, 6) is -1.05. The van der Waals surface area contributed by atoms with Gasteiger partial charge in [-0.3, -0.25) is 0 Å². The van der Waals surface area contributed by atoms with Gasteiger partial charge in [0.05, 0.1) is 0 Å². The Morgan fingerprint density at radius 2 is 2.00 bits per heavy atom. The quantitative estimate of drug-likeness (QED) is 0.752. The van der Waals surface area contributed by atoms with Gasteiger partial charge in [-0.25, -0.2) is 8.78 Å². The lowest BCUT2D eigenvalue weighted by Gasteiger charge is -2.18. The highest BCUT2D eigenvalue weighted by atomic mass is 19.1. The zero-order valence-electron chi connectivity index (χ0n) is 10.4. The van der Waals surface area contributed by atoms with Crippen molar-refractivity contribution in [3.63, 3.8) is 0 Å². The summed E-state index contributed by atoms with van der Waals surface area (Å²) in [6.45, 7) is 5.15. The van der Waals surface area contributed by atoms with Crippen LogP contribution in [-0.4, -0.2) is 12.1 Å². The first-order valence-corrected chi connectivity index (χ1v) is 5.82. The summed E-state index contributed by atoms with van der Waals surface area (Å²) in [6, 6.07) is 3.63. The van der Waals surface area contributed by atoms with Gasteiger partial charge in [-0.15, -0.1) is 0 Å². The molecule has 0 amide bonds. The van der Waals surface area contributed by atoms with Gasteiger partial charge >= 0.3 is 0 Å². The third-order valence-corrected chi connectivity index (χ3v) is 2.51. The van der Waals surface area contributed by atoms with Crippen LogP contribution in [0.4, 0.5) is 8.78 Å². The van der Waals surface area contributed by atoms with E-state index in [0.29, 0.717) is 12.1 Å². The van der Waals surface area contributed by atoms with E-state index in [-0.39, 0.29) is 5.54 Å². The maximum atomic E-state index is 13.2. The van der Waals surface area contributed by atoms with E-state index < -0.39 is 11.6 Å². The second-order valence-electron chi connectivity index (χ2n) is 5.00. The van der Waals surface area contributed by atoms with E-state index in [1.54, 1.807) is 0 Å². The van der Waals surface area contributed by atoms with E-state index in [1.165, 1.54) is 12.1 Å². The van der Waals surface area contributed by atoms with Crippen LogP contribution in [0.3, 0.4) is 0 Å². The van der Waals surface area contributed by atoms with Crippen molar-refractivity contribution >= 4 is 0 Å². The van der Waals surface area contributed by atoms with Gasteiger partial charge in [-0.05, 0) is 39.3 Å². The summed E-state index contributed by atoms with van der Waals surface area (Å²) in [5, 5.41) is 3.12. The highest BCUT2D eigenvalue weighted by Gasteiger charge is 2.09. The van der Waals surface area contributed by atoms with Crippen molar-refractivity contribution in [3.05, 3.63) is 35.4 Å². The third-order valence-electron chi connectivity index (χ3n) is 2.51. The molecule has 4 heteroatoms. The van der Waals surface area contributed by atoms with Crippen LogP contribution in [0.15, 0.2) is 18.2 Å². The summed E-state index contributed by atoms with van der Waals surface area (Å²) in [7, 11) is 0. The van der Waals surface area contributed by atoms with Gasteiger partial charge in [-0.2, -0.15) is 0 Å². The Kier molecular flexibility index (Phi) is 5.02. The van der Waals surface area contributed by atoms with Crippen LogP contribution in [-0.2, 0) is 6.54 Å². The standard InChI is InChI=1S/C13H20F2N2/c1-13(2,16)6-3-7-17-9-10-4-5-11(14)8-12(10)15/h4-5,8,17H,3,6-7,9,16H2,1-2H3. The fraction of sp³-hybridized carbons (Fsp3) is 0.538. The lowest BCUT2D eigenvalue weighted by atomic mass is 10.0. The predicted molar refractivity (Wildman–Crippen MR) is 65.6 cm³/mol. The molecule has 0 saturated heterocycles. The molecule has 1 rings (SSSR count). The first kappa shape index (κ1) is 14.1. The Hall–Kier alpha value is -1.00. The molecule has 0 atom stereocenters. The van der Waals surface area contributed by atoms with Crippen LogP contribution >= 0.6 is 0 Å². The van der Waals surface area contributed by atoms with Crippen LogP contribution in [0.25, 0.3) is 0 Å². The molecule has 0 heterocycles. The van der Waals surface area contributed by atoms with Crippen molar-refractivity contribution in [2.45, 2.75) is 38.8 Å². The molecular formula is C13H20F2N2. The average Bonchev–Trinajstić information content (AvgIpc) is 2.18. The van der Waals surface area contributed by atoms with E-state index in [0.717, 1.165) is 25.5 Å². The first-order valence-electron chi connectivity index (χ1n) is 5.82. The highest BCUT2D eigenvalue weighted by molar-refractivity contribution is 5.18. The Morgan fingerprint density at radius 3 is 2.59 bits per heavy atom. The zero-order chi connectivity index (χ0) is 12.9. The molecule has 0 aliphatic heterocycles. The molecule has 2 nitrogen and oxygen atoms in total. The molecule has 0 saturated carbocycles. The van der Waals surface area contributed by atoms with Crippen LogP contribution in [0, 0.1) is 11.6 Å². The van der Waals surface area contributed by atoms with E-state index in [9.17, 15) is 8.78 Å². The number of nitrogens with one attached hydrogen (secondary N) is 1. The summed E-state index contributed by atoms with van der Waals surface area (Å²) in [6.07, 6.45) is 1.85. The Balaban J connectivity index is 2.27. The van der Waals surface area contributed by atoms with Crippen LogP contribution in [0.1, 0.15) is 32.3 Å². The minimum Gasteiger partial charge on any atom is -0.326 e. The molecule has 0 unspecified atom stereocenters. The molecule has 0 aliphatic rings. The average molecular weight is 242 g/mol. The largest absolute Gasteiger partial charge is 0.326 e. The summed E-state index contributed by atoms with van der Waals surface area (Å²) in [5.41, 5.74) is 6.16. The number of halogens is 2. The SMILES string of the molecule is CC(C)(N)CCCNCc1ccc(F)cc1F. The van der Waals surface area contributed by atoms with Gasteiger partial charge in [0.15, 0.2) is 0 Å². The minimum atomic E-state index is -0.545. The fourth-order valence-corrected chi connectivity index (χ4v) is 1.56. The molecule has 3 N–H and O–H groups in total. The molecule has 1 aromatic rings. The fourth-order valence-electron chi connectivity index (χ4n) is 1.56. The zero-order valence-corrected chi connectivity index (χ0v) is 10.4. The smallest absolute Gasteiger partial charge is 0.130 e. The van der Waals surface area contributed by atoms with Crippen molar-refractivity contribution in [3.8, 4) is 0 Å². The van der Waals surface area contributed by atoms with Gasteiger partial charge in [0.1, 0.15) is 11.6 Å². The molecule has 0 spiro atoms. The summed E-state index contributed by atoms with van der Waals surface area (Å²) >= 11 is 0. The second kappa shape index (κ2) is 6.07. The van der Waals surface area contributed by atoms with Crippen molar-refractivity contribution in [2.75, 3.05) is 6.54 Å². The van der Waals surface area contributed by atoms with E-state index in [2.05, 4.69) is 5.32 Å². The van der Waals surface area contributed by atoms with Crippen molar-refractivity contribution in [1.82, 2.24) is 5.32 Å². The normalized spacial score (nSPS) is 11.8. The van der Waals surface area contributed by atoms with E-state index >= 15 is 0 Å². The molecule has 1 aromatic carbocycles. The molecule has 0 radical (unpaired) electrons. The van der Waals surface area contributed by atoms with Crippen LogP contribution in [0.5, 0.6) is 0 Å². The molecule has 0 fully saturated rings. The molecule has 17 heavy (non-hydrogen) atoms. The van der Waals surface area contributed by atoms with Crippen LogP contribution < -0.4 is 11.1 Å². The summed E-state index contributed by atoms with van der Waals surface area (Å²) < 4.78 is 25.9. The lowest BCUT2D eigenvalue weighted by Crippen LogP contribution is -2.32. The molecular weight excluding hydrogens is 222 g/mol. The number of hydrogen-bond acceptors (Lipinski definition) is 2. The van der Waals surface area contributed by atoms with Gasteiger partial charge < -0.3 is 11.1 Å². The monoisotopic (exact) mass is 242 g/mol. The molecule has 0 aliphatic carbocycles. The van der Waals surface area contributed by atoms with Crippen LogP contribution in [0.2, 0.25) is 0 Å². The van der Waals surface area contributed by atoms with Crippen molar-refractivity contribution in [2.24, 2.45) is 5.73 Å². The van der Waals surface area contributed by atoms with Crippen molar-refractivity contribution in [1.29, 1.82) is 0 Å². The Labute approximate surface area is 101 Å². The highest BCUT2D eigenvalue weighted by Crippen LogP contribution is 2.09. The van der Waals surface area contributed by atoms with Gasteiger partial charge in [0, 0.05) is 23.7 Å². The number of rotatable bonds is 6. The van der Waals surface area contributed by atoms with E-state index in [4.69, 9.17) is 5.73 Å². The number of benzene rings is 1. The lowest BCUT2D eigenvalue weighted by molar-refractivity contribution is 0.447. The maximum Gasteiger partial charge on any atom is 0.130 e. The topological polar surface area (TPSA) is 38.0 Å². The minimum absolute atomic E-state index is 0.164. The Bertz CT molecular complexity index is 359. The second-order valence-corrected chi connectivity index (χ2v) is 5.00. The van der Waals surface area contributed by atoms with Gasteiger partial charge in [-0.1, -0.05) is 6.07 Å². The molecule has 0 bridgehead atoms. The van der Waals surface area contributed by atoms with Gasteiger partial charge in [0.2, 0.25) is 0 Å². The molecule has 0 aromatic heterocycles. The molecule has 96 valence electrons.